The Hall–Kier alpha value is -3.76. The lowest BCUT2D eigenvalue weighted by atomic mass is 9.96. The van der Waals surface area contributed by atoms with Gasteiger partial charge in [-0.1, -0.05) is 63.9 Å². The van der Waals surface area contributed by atoms with E-state index < -0.39 is 0 Å². The first-order chi connectivity index (χ1) is 17.1. The lowest BCUT2D eigenvalue weighted by Crippen LogP contribution is -2.13. The monoisotopic (exact) mass is 514 g/mol. The Morgan fingerprint density at radius 2 is 0.914 bits per heavy atom. The van der Waals surface area contributed by atoms with Gasteiger partial charge in [0.15, 0.2) is 0 Å². The molecule has 5 aromatic carbocycles. The number of nitrogens with zero attached hydrogens (tertiary/aromatic N) is 2. The first kappa shape index (κ1) is 23.0. The average Bonchev–Trinajstić information content (AvgIpc) is 2.88. The van der Waals surface area contributed by atoms with E-state index in [4.69, 9.17) is 7.85 Å². The summed E-state index contributed by atoms with van der Waals surface area (Å²) in [7, 11) is 5.97. The highest BCUT2D eigenvalue weighted by atomic mass is 79.9. The number of para-hydroxylation sites is 1. The standard InChI is InChI=1S/C31H24BBrN2/c1-23-6-5-9-31(22-23)35(26-7-3-2-4-8-26)30-20-18-29(19-21-30)34(27-14-10-24(32)11-15-27)28-16-12-25(33)13-17-28/h2-22H,1H3. The summed E-state index contributed by atoms with van der Waals surface area (Å²) in [5.41, 5.74) is 8.51. The average molecular weight is 515 g/mol. The Kier molecular flexibility index (Phi) is 6.74. The van der Waals surface area contributed by atoms with E-state index in [1.165, 1.54) is 5.56 Å². The largest absolute Gasteiger partial charge is 0.311 e. The van der Waals surface area contributed by atoms with Crippen molar-refractivity contribution in [2.75, 3.05) is 9.80 Å². The number of halogens is 1. The summed E-state index contributed by atoms with van der Waals surface area (Å²) in [4.78, 5) is 4.51. The minimum Gasteiger partial charge on any atom is -0.311 e. The van der Waals surface area contributed by atoms with E-state index in [1.54, 1.807) is 0 Å². The Morgan fingerprint density at radius 3 is 1.46 bits per heavy atom. The van der Waals surface area contributed by atoms with E-state index in [0.717, 1.165) is 44.1 Å². The van der Waals surface area contributed by atoms with Gasteiger partial charge in [0.25, 0.3) is 0 Å². The van der Waals surface area contributed by atoms with Gasteiger partial charge < -0.3 is 9.80 Å². The zero-order chi connectivity index (χ0) is 24.2. The quantitative estimate of drug-likeness (QED) is 0.209. The van der Waals surface area contributed by atoms with Crippen molar-refractivity contribution >= 4 is 63.4 Å². The molecule has 0 unspecified atom stereocenters. The molecule has 0 heterocycles. The van der Waals surface area contributed by atoms with Crippen LogP contribution in [0.2, 0.25) is 0 Å². The number of aryl methyl sites for hydroxylation is 1. The summed E-state index contributed by atoms with van der Waals surface area (Å²) in [5, 5.41) is 0. The predicted octanol–water partition coefficient (Wildman–Crippen LogP) is 8.49. The van der Waals surface area contributed by atoms with Crippen LogP contribution < -0.4 is 15.3 Å². The number of hydrogen-bond donors (Lipinski definition) is 0. The number of anilines is 6. The molecule has 0 aromatic heterocycles. The molecule has 2 radical (unpaired) electrons. The lowest BCUT2D eigenvalue weighted by Gasteiger charge is -2.28. The van der Waals surface area contributed by atoms with Crippen LogP contribution in [-0.4, -0.2) is 7.85 Å². The predicted molar refractivity (Wildman–Crippen MR) is 154 cm³/mol. The van der Waals surface area contributed by atoms with Crippen LogP contribution >= 0.6 is 15.9 Å². The fraction of sp³-hybridized carbons (Fsp3) is 0.0323. The summed E-state index contributed by atoms with van der Waals surface area (Å²) in [6.07, 6.45) is 0. The summed E-state index contributed by atoms with van der Waals surface area (Å²) >= 11 is 3.55. The van der Waals surface area contributed by atoms with Crippen molar-refractivity contribution in [2.45, 2.75) is 6.92 Å². The minimum absolute atomic E-state index is 0.747. The highest BCUT2D eigenvalue weighted by Crippen LogP contribution is 2.39. The second kappa shape index (κ2) is 10.2. The molecule has 0 spiro atoms. The van der Waals surface area contributed by atoms with E-state index >= 15 is 0 Å². The van der Waals surface area contributed by atoms with E-state index in [9.17, 15) is 0 Å². The van der Waals surface area contributed by atoms with E-state index in [0.29, 0.717) is 0 Å². The van der Waals surface area contributed by atoms with Gasteiger partial charge in [-0.05, 0) is 97.4 Å². The molecule has 0 atom stereocenters. The highest BCUT2D eigenvalue weighted by molar-refractivity contribution is 9.10. The van der Waals surface area contributed by atoms with Crippen LogP contribution in [0.15, 0.2) is 132 Å². The molecule has 0 fully saturated rings. The Morgan fingerprint density at radius 1 is 0.486 bits per heavy atom. The third kappa shape index (κ3) is 5.18. The minimum atomic E-state index is 0.747. The Labute approximate surface area is 217 Å². The van der Waals surface area contributed by atoms with Crippen molar-refractivity contribution in [3.8, 4) is 0 Å². The molecule has 5 aromatic rings. The van der Waals surface area contributed by atoms with Crippen LogP contribution in [0.4, 0.5) is 34.1 Å². The fourth-order valence-electron chi connectivity index (χ4n) is 4.20. The smallest absolute Gasteiger partial charge is 0.113 e. The molecule has 0 N–H and O–H groups in total. The third-order valence-electron chi connectivity index (χ3n) is 5.88. The summed E-state index contributed by atoms with van der Waals surface area (Å²) < 4.78 is 1.05. The fourth-order valence-corrected chi connectivity index (χ4v) is 4.47. The van der Waals surface area contributed by atoms with Gasteiger partial charge in [-0.15, -0.1) is 0 Å². The molecule has 2 nitrogen and oxygen atoms in total. The van der Waals surface area contributed by atoms with Crippen molar-refractivity contribution in [1.82, 2.24) is 0 Å². The maximum Gasteiger partial charge on any atom is 0.113 e. The number of rotatable bonds is 6. The third-order valence-corrected chi connectivity index (χ3v) is 6.41. The summed E-state index contributed by atoms with van der Waals surface area (Å²) in [5.74, 6) is 0. The van der Waals surface area contributed by atoms with Gasteiger partial charge in [0, 0.05) is 38.6 Å². The van der Waals surface area contributed by atoms with Crippen molar-refractivity contribution in [3.63, 3.8) is 0 Å². The Balaban J connectivity index is 1.58. The zero-order valence-corrected chi connectivity index (χ0v) is 21.1. The second-order valence-corrected chi connectivity index (χ2v) is 9.35. The molecular formula is C31H24BBrN2. The molecule has 0 aliphatic heterocycles. The summed E-state index contributed by atoms with van der Waals surface area (Å²) in [6.45, 7) is 2.12. The van der Waals surface area contributed by atoms with Gasteiger partial charge in [0.2, 0.25) is 0 Å². The van der Waals surface area contributed by atoms with Gasteiger partial charge in [-0.2, -0.15) is 0 Å². The molecule has 0 saturated carbocycles. The van der Waals surface area contributed by atoms with Crippen LogP contribution in [0.5, 0.6) is 0 Å². The van der Waals surface area contributed by atoms with Crippen LogP contribution in [0.1, 0.15) is 5.56 Å². The van der Waals surface area contributed by atoms with E-state index in [1.807, 2.05) is 30.3 Å². The van der Waals surface area contributed by atoms with Crippen LogP contribution in [-0.2, 0) is 0 Å². The molecule has 35 heavy (non-hydrogen) atoms. The van der Waals surface area contributed by atoms with Gasteiger partial charge in [0.1, 0.15) is 7.85 Å². The molecule has 0 bridgehead atoms. The molecule has 0 aliphatic rings. The van der Waals surface area contributed by atoms with Crippen molar-refractivity contribution in [1.29, 1.82) is 0 Å². The summed E-state index contributed by atoms with van der Waals surface area (Å²) in [6, 6.07) is 44.0. The van der Waals surface area contributed by atoms with Crippen LogP contribution in [0, 0.1) is 6.92 Å². The lowest BCUT2D eigenvalue weighted by molar-refractivity contribution is 1.25. The molecule has 0 aliphatic carbocycles. The van der Waals surface area contributed by atoms with Crippen molar-refractivity contribution in [3.05, 3.63) is 137 Å². The number of benzene rings is 5. The SMILES string of the molecule is [B]c1ccc(N(c2ccc(Br)cc2)c2ccc(N(c3ccccc3)c3cccc(C)c3)cc2)cc1. The van der Waals surface area contributed by atoms with E-state index in [2.05, 4.69) is 130 Å². The molecule has 0 amide bonds. The van der Waals surface area contributed by atoms with Crippen molar-refractivity contribution in [2.24, 2.45) is 0 Å². The molecular weight excluding hydrogens is 491 g/mol. The molecule has 168 valence electrons. The normalized spacial score (nSPS) is 10.7. The van der Waals surface area contributed by atoms with Gasteiger partial charge in [-0.25, -0.2) is 0 Å². The van der Waals surface area contributed by atoms with Crippen LogP contribution in [0.3, 0.4) is 0 Å². The number of hydrogen-bond acceptors (Lipinski definition) is 2. The van der Waals surface area contributed by atoms with Gasteiger partial charge in [0.05, 0.1) is 0 Å². The maximum atomic E-state index is 5.97. The molecule has 4 heteroatoms. The van der Waals surface area contributed by atoms with Crippen LogP contribution in [0.25, 0.3) is 0 Å². The Bertz CT molecular complexity index is 1350. The van der Waals surface area contributed by atoms with Gasteiger partial charge in [-0.3, -0.25) is 0 Å². The first-order valence-corrected chi connectivity index (χ1v) is 12.3. The van der Waals surface area contributed by atoms with Crippen molar-refractivity contribution < 1.29 is 0 Å². The molecule has 5 rings (SSSR count). The first-order valence-electron chi connectivity index (χ1n) is 11.5. The maximum absolute atomic E-state index is 5.97. The van der Waals surface area contributed by atoms with E-state index in [-0.39, 0.29) is 0 Å². The topological polar surface area (TPSA) is 6.48 Å². The van der Waals surface area contributed by atoms with Gasteiger partial charge >= 0.3 is 0 Å². The zero-order valence-electron chi connectivity index (χ0n) is 19.5. The second-order valence-electron chi connectivity index (χ2n) is 8.43. The highest BCUT2D eigenvalue weighted by Gasteiger charge is 2.15. The molecule has 0 saturated heterocycles.